The monoisotopic (exact) mass is 1170 g/mol. The van der Waals surface area contributed by atoms with Crippen LogP contribution in [0.2, 0.25) is 0 Å². The van der Waals surface area contributed by atoms with Crippen molar-refractivity contribution in [3.05, 3.63) is 97.2 Å². The van der Waals surface area contributed by atoms with Gasteiger partial charge in [0.1, 0.15) is 13.2 Å². The van der Waals surface area contributed by atoms with E-state index in [9.17, 15) is 19.4 Å². The fraction of sp³-hybridized carbons (Fsp3) is 0.767. The number of aliphatic hydroxyl groups excluding tert-OH is 1. The first kappa shape index (κ1) is 79.4. The summed E-state index contributed by atoms with van der Waals surface area (Å²) in [4.78, 5) is 23.4. The highest BCUT2D eigenvalue weighted by molar-refractivity contribution is 7.47. The minimum absolute atomic E-state index is 0.0601. The van der Waals surface area contributed by atoms with Crippen LogP contribution in [0.1, 0.15) is 309 Å². The van der Waals surface area contributed by atoms with Gasteiger partial charge >= 0.3 is 7.82 Å². The number of allylic oxidation sites excluding steroid dienone is 15. The lowest BCUT2D eigenvalue weighted by atomic mass is 10.0. The van der Waals surface area contributed by atoms with Crippen LogP contribution in [0.5, 0.6) is 0 Å². The van der Waals surface area contributed by atoms with Gasteiger partial charge in [0.2, 0.25) is 5.91 Å². The number of carbonyl (C=O) groups is 1. The Kier molecular flexibility index (Phi) is 61.0. The Labute approximate surface area is 509 Å². The average Bonchev–Trinajstić information content (AvgIpc) is 3.46. The van der Waals surface area contributed by atoms with E-state index in [1.54, 1.807) is 6.08 Å². The molecule has 0 bridgehead atoms. The number of phosphoric acid groups is 1. The number of nitrogens with zero attached hydrogens (tertiary/aromatic N) is 1. The molecule has 3 atom stereocenters. The number of aliphatic hydroxyl groups is 1. The fourth-order valence-electron chi connectivity index (χ4n) is 9.97. The molecule has 3 unspecified atom stereocenters. The van der Waals surface area contributed by atoms with E-state index in [0.29, 0.717) is 17.4 Å². The topological polar surface area (TPSA) is 105 Å². The number of nitrogens with one attached hydrogen (secondary N) is 1. The second-order valence-electron chi connectivity index (χ2n) is 24.5. The fourth-order valence-corrected chi connectivity index (χ4v) is 10.7. The Morgan fingerprint density at radius 2 is 0.732 bits per heavy atom. The van der Waals surface area contributed by atoms with Crippen LogP contribution in [0.15, 0.2) is 97.2 Å². The van der Waals surface area contributed by atoms with Crippen LogP contribution in [0.4, 0.5) is 0 Å². The maximum atomic E-state index is 13.0. The summed E-state index contributed by atoms with van der Waals surface area (Å²) in [6, 6.07) is -0.851. The third-order valence-electron chi connectivity index (χ3n) is 15.3. The number of unbranched alkanes of at least 4 members (excludes halogenated alkanes) is 36. The SMILES string of the molecule is CC/C=C\C/C=C\C/C=C\C/C=C\C/C=C\C/C=C\C/C=C\CCCCCCCCCCCCCCCCCCCC(=O)NC(COP(=O)(O)OCC[N+](C)(C)C)C(O)/C=C/CCCCCCCCCCCCCCCCCCCCC. The van der Waals surface area contributed by atoms with Gasteiger partial charge in [-0.05, 0) is 77.0 Å². The normalized spacial score (nSPS) is 14.3. The summed E-state index contributed by atoms with van der Waals surface area (Å²) in [6.07, 6.45) is 91.1. The van der Waals surface area contributed by atoms with Gasteiger partial charge in [-0.2, -0.15) is 0 Å². The van der Waals surface area contributed by atoms with Gasteiger partial charge in [-0.25, -0.2) is 4.57 Å². The van der Waals surface area contributed by atoms with Crippen molar-refractivity contribution >= 4 is 13.7 Å². The number of likely N-dealkylation sites (N-methyl/N-ethyl adjacent to an activating group) is 1. The van der Waals surface area contributed by atoms with E-state index >= 15 is 0 Å². The van der Waals surface area contributed by atoms with Crippen LogP contribution in [-0.2, 0) is 18.4 Å². The van der Waals surface area contributed by atoms with Gasteiger partial charge in [-0.15, -0.1) is 0 Å². The molecule has 0 aliphatic carbocycles. The minimum Gasteiger partial charge on any atom is -0.387 e. The number of amides is 1. The van der Waals surface area contributed by atoms with Gasteiger partial charge in [0.25, 0.3) is 0 Å². The van der Waals surface area contributed by atoms with E-state index in [0.717, 1.165) is 83.5 Å². The van der Waals surface area contributed by atoms with Crippen LogP contribution in [0.3, 0.4) is 0 Å². The Morgan fingerprint density at radius 1 is 0.427 bits per heavy atom. The molecule has 0 aromatic rings. The predicted molar refractivity (Wildman–Crippen MR) is 359 cm³/mol. The highest BCUT2D eigenvalue weighted by Gasteiger charge is 2.28. The third-order valence-corrected chi connectivity index (χ3v) is 16.3. The molecule has 0 heterocycles. The number of phosphoric ester groups is 1. The van der Waals surface area contributed by atoms with Crippen molar-refractivity contribution in [1.29, 1.82) is 0 Å². The molecule has 0 aromatic carbocycles. The highest BCUT2D eigenvalue weighted by atomic mass is 31.2. The van der Waals surface area contributed by atoms with Crippen LogP contribution in [-0.4, -0.2) is 73.4 Å². The van der Waals surface area contributed by atoms with E-state index < -0.39 is 20.0 Å². The second kappa shape index (κ2) is 62.9. The van der Waals surface area contributed by atoms with Crippen molar-refractivity contribution in [3.63, 3.8) is 0 Å². The molecule has 8 nitrogen and oxygen atoms in total. The number of hydrogen-bond acceptors (Lipinski definition) is 5. The van der Waals surface area contributed by atoms with E-state index in [1.807, 2.05) is 27.2 Å². The molecule has 0 spiro atoms. The zero-order valence-corrected chi connectivity index (χ0v) is 55.4. The van der Waals surface area contributed by atoms with Gasteiger partial charge in [-0.3, -0.25) is 13.8 Å². The Bertz CT molecular complexity index is 1660. The molecule has 0 saturated carbocycles. The van der Waals surface area contributed by atoms with Crippen molar-refractivity contribution in [2.75, 3.05) is 40.9 Å². The van der Waals surface area contributed by atoms with Gasteiger partial charge < -0.3 is 19.8 Å². The van der Waals surface area contributed by atoms with Crippen molar-refractivity contribution in [1.82, 2.24) is 5.32 Å². The van der Waals surface area contributed by atoms with Crippen LogP contribution in [0, 0.1) is 0 Å². The molecule has 3 N–H and O–H groups in total. The lowest BCUT2D eigenvalue weighted by Crippen LogP contribution is -2.45. The molecule has 82 heavy (non-hydrogen) atoms. The van der Waals surface area contributed by atoms with Crippen molar-refractivity contribution in [2.24, 2.45) is 0 Å². The summed E-state index contributed by atoms with van der Waals surface area (Å²) in [7, 11) is 1.58. The molecule has 476 valence electrons. The average molecular weight is 1170 g/mol. The zero-order chi connectivity index (χ0) is 59.8. The molecule has 0 aliphatic heterocycles. The molecule has 0 fully saturated rings. The smallest absolute Gasteiger partial charge is 0.387 e. The summed E-state index contributed by atoms with van der Waals surface area (Å²) in [5, 5.41) is 14.0. The summed E-state index contributed by atoms with van der Waals surface area (Å²) < 4.78 is 23.8. The van der Waals surface area contributed by atoms with Crippen molar-refractivity contribution in [3.8, 4) is 0 Å². The third kappa shape index (κ3) is 65.0. The molecule has 0 saturated heterocycles. The van der Waals surface area contributed by atoms with Crippen LogP contribution < -0.4 is 5.32 Å². The first-order chi connectivity index (χ1) is 40.0. The van der Waals surface area contributed by atoms with Gasteiger partial charge in [0.15, 0.2) is 0 Å². The number of rotatable bonds is 63. The minimum atomic E-state index is -4.36. The summed E-state index contributed by atoms with van der Waals surface area (Å²) in [5.41, 5.74) is 0. The largest absolute Gasteiger partial charge is 0.472 e. The quantitative estimate of drug-likeness (QED) is 0.0243. The Hall–Kier alpha value is -2.58. The highest BCUT2D eigenvalue weighted by Crippen LogP contribution is 2.43. The molecule has 0 aromatic heterocycles. The number of quaternary nitrogens is 1. The standard InChI is InChI=1S/C73H133N2O6P/c1-6-8-10-12-14-16-18-20-22-24-26-28-29-30-31-32-33-34-35-36-37-38-39-40-41-42-43-44-45-47-49-51-53-55-57-59-61-63-65-67-73(77)74-71(70-81-82(78,79)80-69-68-75(3,4)5)72(76)66-64-62-60-58-56-54-52-50-48-46-27-25-23-21-19-17-15-13-11-9-7-2/h8,10,14,16,20,22,26,28,30-31,33-34,36-37,64,66,71-72,76H,6-7,9,11-13,15,17-19,21,23-25,27,29,32,35,38-63,65,67-70H2,1-5H3,(H-,74,77,78,79)/p+1/b10-8-,16-14-,22-20-,28-26-,31-30-,34-33-,37-36-,66-64+. The van der Waals surface area contributed by atoms with Crippen molar-refractivity contribution < 1.29 is 32.9 Å². The lowest BCUT2D eigenvalue weighted by molar-refractivity contribution is -0.870. The van der Waals surface area contributed by atoms with E-state index in [1.165, 1.54) is 205 Å². The predicted octanol–water partition coefficient (Wildman–Crippen LogP) is 22.1. The number of carbonyl (C=O) groups excluding carboxylic acids is 1. The molecular formula is C73H134N2O6P+. The molecule has 1 amide bonds. The summed E-state index contributed by atoms with van der Waals surface area (Å²) in [5.74, 6) is -0.175. The van der Waals surface area contributed by atoms with E-state index in [2.05, 4.69) is 104 Å². The maximum absolute atomic E-state index is 13.0. The van der Waals surface area contributed by atoms with Crippen LogP contribution >= 0.6 is 7.82 Å². The first-order valence-corrected chi connectivity index (χ1v) is 36.1. The van der Waals surface area contributed by atoms with Gasteiger partial charge in [-0.1, -0.05) is 323 Å². The van der Waals surface area contributed by atoms with Crippen LogP contribution in [0.25, 0.3) is 0 Å². The summed E-state index contributed by atoms with van der Waals surface area (Å²) in [6.45, 7) is 4.73. The summed E-state index contributed by atoms with van der Waals surface area (Å²) >= 11 is 0. The zero-order valence-electron chi connectivity index (χ0n) is 54.5. The molecule has 9 heteroatoms. The number of hydrogen-bond donors (Lipinski definition) is 3. The van der Waals surface area contributed by atoms with E-state index in [4.69, 9.17) is 9.05 Å². The maximum Gasteiger partial charge on any atom is 0.472 e. The van der Waals surface area contributed by atoms with Gasteiger partial charge in [0, 0.05) is 6.42 Å². The van der Waals surface area contributed by atoms with Crippen molar-refractivity contribution in [2.45, 2.75) is 321 Å². The Balaban J connectivity index is 4.03. The lowest BCUT2D eigenvalue weighted by Gasteiger charge is -2.25. The molecule has 0 rings (SSSR count). The molecular weight excluding hydrogens is 1030 g/mol. The van der Waals surface area contributed by atoms with Gasteiger partial charge in [0.05, 0.1) is 39.9 Å². The Morgan fingerprint density at radius 3 is 1.07 bits per heavy atom. The van der Waals surface area contributed by atoms with E-state index in [-0.39, 0.29) is 19.1 Å². The molecule has 0 aliphatic rings. The molecule has 0 radical (unpaired) electrons. The second-order valence-corrected chi connectivity index (χ2v) is 26.0. The first-order valence-electron chi connectivity index (χ1n) is 34.6.